The second-order valence-electron chi connectivity index (χ2n) is 7.51. The van der Waals surface area contributed by atoms with Crippen LogP contribution in [0.5, 0.6) is 0 Å². The second kappa shape index (κ2) is 7.22. The molecule has 6 aromatic rings. The highest BCUT2D eigenvalue weighted by Crippen LogP contribution is 2.37. The number of aromatic nitrogens is 3. The normalized spacial score (nSPS) is 11.2. The van der Waals surface area contributed by atoms with Gasteiger partial charge in [-0.05, 0) is 18.2 Å². The fourth-order valence-electron chi connectivity index (χ4n) is 4.20. The largest absolute Gasteiger partial charge is 0.306 e. The van der Waals surface area contributed by atoms with Crippen LogP contribution in [-0.4, -0.2) is 14.5 Å². The van der Waals surface area contributed by atoms with E-state index in [4.69, 9.17) is 9.97 Å². The summed E-state index contributed by atoms with van der Waals surface area (Å²) in [5.74, 6) is 0.739. The third-order valence-electron chi connectivity index (χ3n) is 5.60. The molecule has 0 unspecified atom stereocenters. The summed E-state index contributed by atoms with van der Waals surface area (Å²) in [6.07, 6.45) is 0. The maximum Gasteiger partial charge on any atom is 0.160 e. The van der Waals surface area contributed by atoms with E-state index in [9.17, 15) is 0 Å². The van der Waals surface area contributed by atoms with Crippen molar-refractivity contribution in [2.24, 2.45) is 0 Å². The van der Waals surface area contributed by atoms with Gasteiger partial charge < -0.3 is 4.57 Å². The lowest BCUT2D eigenvalue weighted by molar-refractivity contribution is 1.15. The van der Waals surface area contributed by atoms with E-state index in [0.717, 1.165) is 50.3 Å². The van der Waals surface area contributed by atoms with Crippen molar-refractivity contribution in [3.8, 4) is 28.3 Å². The van der Waals surface area contributed by atoms with Crippen LogP contribution in [-0.2, 0) is 0 Å². The smallest absolute Gasteiger partial charge is 0.160 e. The van der Waals surface area contributed by atoms with Gasteiger partial charge in [0.25, 0.3) is 0 Å². The average Bonchev–Trinajstić information content (AvgIpc) is 3.19. The molecule has 6 rings (SSSR count). The van der Waals surface area contributed by atoms with Crippen LogP contribution in [0.2, 0.25) is 0 Å². The lowest BCUT2D eigenvalue weighted by Gasteiger charge is -2.12. The molecule has 146 valence electrons. The molecule has 2 heterocycles. The molecule has 0 N–H and O–H groups in total. The van der Waals surface area contributed by atoms with E-state index in [1.165, 1.54) is 0 Å². The van der Waals surface area contributed by atoms with Gasteiger partial charge in [0.15, 0.2) is 5.82 Å². The minimum absolute atomic E-state index is 0.739. The van der Waals surface area contributed by atoms with Gasteiger partial charge in [0, 0.05) is 22.2 Å². The third kappa shape index (κ3) is 2.90. The van der Waals surface area contributed by atoms with Crippen LogP contribution < -0.4 is 0 Å². The molecule has 0 fully saturated rings. The van der Waals surface area contributed by atoms with Crippen LogP contribution in [0.25, 0.3) is 50.3 Å². The molecule has 0 amide bonds. The summed E-state index contributed by atoms with van der Waals surface area (Å²) >= 11 is 0. The van der Waals surface area contributed by atoms with Gasteiger partial charge in [-0.25, -0.2) is 9.97 Å². The van der Waals surface area contributed by atoms with Crippen LogP contribution in [0, 0.1) is 0 Å². The Kier molecular flexibility index (Phi) is 4.10. The Labute approximate surface area is 180 Å². The molecule has 0 saturated carbocycles. The lowest BCUT2D eigenvalue weighted by atomic mass is 10.1. The Balaban J connectivity index is 1.81. The fraction of sp³-hybridized carbons (Fsp3) is 0. The zero-order valence-corrected chi connectivity index (χ0v) is 16.8. The van der Waals surface area contributed by atoms with Gasteiger partial charge in [-0.3, -0.25) is 0 Å². The zero-order valence-electron chi connectivity index (χ0n) is 16.8. The molecule has 0 aliphatic heterocycles. The molecule has 0 spiro atoms. The van der Waals surface area contributed by atoms with Crippen molar-refractivity contribution >= 4 is 21.9 Å². The van der Waals surface area contributed by atoms with Gasteiger partial charge in [-0.1, -0.05) is 97.1 Å². The molecule has 4 aromatic carbocycles. The van der Waals surface area contributed by atoms with Gasteiger partial charge >= 0.3 is 0 Å². The molecule has 0 aliphatic carbocycles. The van der Waals surface area contributed by atoms with Crippen LogP contribution in [0.15, 0.2) is 115 Å². The van der Waals surface area contributed by atoms with Gasteiger partial charge in [0.2, 0.25) is 0 Å². The molecular weight excluding hydrogens is 378 g/mol. The summed E-state index contributed by atoms with van der Waals surface area (Å²) < 4.78 is 2.28. The number of para-hydroxylation sites is 2. The number of nitrogens with zero attached hydrogens (tertiary/aromatic N) is 3. The van der Waals surface area contributed by atoms with Crippen molar-refractivity contribution in [3.05, 3.63) is 115 Å². The Morgan fingerprint density at radius 1 is 0.516 bits per heavy atom. The van der Waals surface area contributed by atoms with Gasteiger partial charge in [0.05, 0.1) is 16.7 Å². The predicted octanol–water partition coefficient (Wildman–Crippen LogP) is 6.91. The first-order valence-corrected chi connectivity index (χ1v) is 10.4. The maximum atomic E-state index is 5.09. The van der Waals surface area contributed by atoms with Gasteiger partial charge in [-0.2, -0.15) is 0 Å². The standard InChI is InChI=1S/C28H19N3/c1-4-12-20(13-5-1)25-27-26(30-28(29-25)21-14-6-2-7-15-21)23-18-10-11-19-24(23)31(27)22-16-8-3-9-17-22/h1-19H. The summed E-state index contributed by atoms with van der Waals surface area (Å²) in [5.41, 5.74) is 7.24. The summed E-state index contributed by atoms with van der Waals surface area (Å²) in [5, 5.41) is 1.12. The minimum Gasteiger partial charge on any atom is -0.306 e. The third-order valence-corrected chi connectivity index (χ3v) is 5.60. The lowest BCUT2D eigenvalue weighted by Crippen LogP contribution is -1.99. The minimum atomic E-state index is 0.739. The highest BCUT2D eigenvalue weighted by molar-refractivity contribution is 6.11. The Morgan fingerprint density at radius 3 is 1.81 bits per heavy atom. The van der Waals surface area contributed by atoms with Crippen LogP contribution >= 0.6 is 0 Å². The van der Waals surface area contributed by atoms with Crippen molar-refractivity contribution in [1.82, 2.24) is 14.5 Å². The Morgan fingerprint density at radius 2 is 1.10 bits per heavy atom. The molecule has 3 nitrogen and oxygen atoms in total. The fourth-order valence-corrected chi connectivity index (χ4v) is 4.20. The maximum absolute atomic E-state index is 5.09. The van der Waals surface area contributed by atoms with Crippen molar-refractivity contribution in [1.29, 1.82) is 0 Å². The van der Waals surface area contributed by atoms with E-state index in [1.54, 1.807) is 0 Å². The van der Waals surface area contributed by atoms with Crippen molar-refractivity contribution < 1.29 is 0 Å². The average molecular weight is 397 g/mol. The zero-order chi connectivity index (χ0) is 20.6. The summed E-state index contributed by atoms with van der Waals surface area (Å²) in [6, 6.07) is 39.5. The van der Waals surface area contributed by atoms with E-state index in [2.05, 4.69) is 89.5 Å². The second-order valence-corrected chi connectivity index (χ2v) is 7.51. The van der Waals surface area contributed by atoms with Crippen molar-refractivity contribution in [2.75, 3.05) is 0 Å². The summed E-state index contributed by atoms with van der Waals surface area (Å²) in [7, 11) is 0. The predicted molar refractivity (Wildman–Crippen MR) is 127 cm³/mol. The van der Waals surface area contributed by atoms with E-state index in [0.29, 0.717) is 0 Å². The molecule has 3 heteroatoms. The van der Waals surface area contributed by atoms with Crippen LogP contribution in [0.1, 0.15) is 0 Å². The molecule has 2 aromatic heterocycles. The number of hydrogen-bond donors (Lipinski definition) is 0. The molecule has 0 atom stereocenters. The first-order chi connectivity index (χ1) is 15.4. The SMILES string of the molecule is c1ccc(-c2nc(-c3ccccc3)c3c(n2)c2ccccc2n3-c2ccccc2)cc1. The highest BCUT2D eigenvalue weighted by Gasteiger charge is 2.20. The molecule has 31 heavy (non-hydrogen) atoms. The topological polar surface area (TPSA) is 30.7 Å². The number of rotatable bonds is 3. The Hall–Kier alpha value is -4.24. The van der Waals surface area contributed by atoms with Crippen LogP contribution in [0.3, 0.4) is 0 Å². The van der Waals surface area contributed by atoms with Crippen molar-refractivity contribution in [2.45, 2.75) is 0 Å². The van der Waals surface area contributed by atoms with E-state index in [1.807, 2.05) is 30.3 Å². The summed E-state index contributed by atoms with van der Waals surface area (Å²) in [4.78, 5) is 10.2. The molecule has 0 radical (unpaired) electrons. The quantitative estimate of drug-likeness (QED) is 0.325. The highest BCUT2D eigenvalue weighted by atomic mass is 15.0. The first kappa shape index (κ1) is 17.6. The van der Waals surface area contributed by atoms with Crippen molar-refractivity contribution in [3.63, 3.8) is 0 Å². The van der Waals surface area contributed by atoms with Crippen LogP contribution in [0.4, 0.5) is 0 Å². The first-order valence-electron chi connectivity index (χ1n) is 10.4. The van der Waals surface area contributed by atoms with Gasteiger partial charge in [-0.15, -0.1) is 0 Å². The van der Waals surface area contributed by atoms with E-state index >= 15 is 0 Å². The monoisotopic (exact) mass is 397 g/mol. The molecule has 0 bridgehead atoms. The van der Waals surface area contributed by atoms with E-state index < -0.39 is 0 Å². The molecule has 0 saturated heterocycles. The number of benzene rings is 4. The van der Waals surface area contributed by atoms with Gasteiger partial charge in [0.1, 0.15) is 5.52 Å². The van der Waals surface area contributed by atoms with E-state index in [-0.39, 0.29) is 0 Å². The number of hydrogen-bond acceptors (Lipinski definition) is 2. The Bertz CT molecular complexity index is 1500. The summed E-state index contributed by atoms with van der Waals surface area (Å²) in [6.45, 7) is 0. The molecular formula is C28H19N3. The molecule has 0 aliphatic rings. The number of fused-ring (bicyclic) bond motifs is 3.